The standard InChI is InChI=1S/C16H18N4O2S/c1-3-14-19-20-15(23-14)8-17-13(21)7-11-10-6-9(2)4-5-12(10)18-16(11)22/h4-6,11H,3,7-8H2,1-2H3,(H,17,21)(H,18,22)/t11-/m1/s1. The van der Waals surface area contributed by atoms with Crippen LogP contribution in [0, 0.1) is 6.92 Å². The molecule has 0 saturated heterocycles. The van der Waals surface area contributed by atoms with E-state index in [4.69, 9.17) is 0 Å². The second-order valence-electron chi connectivity index (χ2n) is 5.56. The molecule has 0 aliphatic carbocycles. The third-order valence-corrected chi connectivity index (χ3v) is 4.86. The van der Waals surface area contributed by atoms with Gasteiger partial charge in [0.25, 0.3) is 0 Å². The van der Waals surface area contributed by atoms with Crippen LogP contribution in [0.3, 0.4) is 0 Å². The van der Waals surface area contributed by atoms with E-state index in [1.165, 1.54) is 11.3 Å². The first-order valence-electron chi connectivity index (χ1n) is 7.56. The minimum Gasteiger partial charge on any atom is -0.349 e. The molecule has 2 N–H and O–H groups in total. The minimum atomic E-state index is -0.425. The Bertz CT molecular complexity index is 756. The van der Waals surface area contributed by atoms with Gasteiger partial charge < -0.3 is 10.6 Å². The van der Waals surface area contributed by atoms with Gasteiger partial charge in [0.2, 0.25) is 11.8 Å². The highest BCUT2D eigenvalue weighted by atomic mass is 32.1. The second kappa shape index (κ2) is 6.45. The highest BCUT2D eigenvalue weighted by Crippen LogP contribution is 2.35. The summed E-state index contributed by atoms with van der Waals surface area (Å²) in [5.74, 6) is -0.705. The van der Waals surface area contributed by atoms with Gasteiger partial charge in [-0.2, -0.15) is 0 Å². The Kier molecular flexibility index (Phi) is 4.38. The Morgan fingerprint density at radius 2 is 2.13 bits per heavy atom. The maximum Gasteiger partial charge on any atom is 0.232 e. The zero-order valence-corrected chi connectivity index (χ0v) is 13.9. The van der Waals surface area contributed by atoms with E-state index in [0.717, 1.165) is 33.3 Å². The smallest absolute Gasteiger partial charge is 0.232 e. The molecular weight excluding hydrogens is 312 g/mol. The first-order chi connectivity index (χ1) is 11.1. The van der Waals surface area contributed by atoms with E-state index in [-0.39, 0.29) is 18.2 Å². The van der Waals surface area contributed by atoms with E-state index in [2.05, 4.69) is 20.8 Å². The lowest BCUT2D eigenvalue weighted by molar-refractivity contribution is -0.125. The summed E-state index contributed by atoms with van der Waals surface area (Å²) in [7, 11) is 0. The van der Waals surface area contributed by atoms with Crippen molar-refractivity contribution in [2.75, 3.05) is 5.32 Å². The lowest BCUT2D eigenvalue weighted by Crippen LogP contribution is -2.26. The molecule has 0 bridgehead atoms. The molecule has 2 heterocycles. The second-order valence-corrected chi connectivity index (χ2v) is 6.70. The molecule has 23 heavy (non-hydrogen) atoms. The summed E-state index contributed by atoms with van der Waals surface area (Å²) in [5, 5.41) is 15.4. The van der Waals surface area contributed by atoms with Crippen molar-refractivity contribution in [2.24, 2.45) is 0 Å². The molecule has 2 amide bonds. The van der Waals surface area contributed by atoms with Crippen LogP contribution in [0.5, 0.6) is 0 Å². The molecule has 3 rings (SSSR count). The fourth-order valence-corrected chi connectivity index (χ4v) is 3.31. The Balaban J connectivity index is 1.62. The predicted octanol–water partition coefficient (Wildman–Crippen LogP) is 2.15. The number of aryl methyl sites for hydroxylation is 2. The molecule has 120 valence electrons. The third-order valence-electron chi connectivity index (χ3n) is 3.79. The minimum absolute atomic E-state index is 0.120. The average Bonchev–Trinajstić information content (AvgIpc) is 3.11. The number of carbonyl (C=O) groups excluding carboxylic acids is 2. The number of aromatic nitrogens is 2. The van der Waals surface area contributed by atoms with Gasteiger partial charge in [-0.3, -0.25) is 9.59 Å². The summed E-state index contributed by atoms with van der Waals surface area (Å²) in [4.78, 5) is 24.2. The fraction of sp³-hybridized carbons (Fsp3) is 0.375. The zero-order chi connectivity index (χ0) is 16.4. The quantitative estimate of drug-likeness (QED) is 0.880. The lowest BCUT2D eigenvalue weighted by atomic mass is 9.95. The summed E-state index contributed by atoms with van der Waals surface area (Å²) >= 11 is 1.49. The maximum absolute atomic E-state index is 12.2. The fourth-order valence-electron chi connectivity index (χ4n) is 2.58. The summed E-state index contributed by atoms with van der Waals surface area (Å²) in [5.41, 5.74) is 2.77. The van der Waals surface area contributed by atoms with E-state index in [1.807, 2.05) is 32.0 Å². The number of rotatable bonds is 5. The van der Waals surface area contributed by atoms with E-state index in [0.29, 0.717) is 6.54 Å². The van der Waals surface area contributed by atoms with Gasteiger partial charge in [-0.1, -0.05) is 36.0 Å². The van der Waals surface area contributed by atoms with Crippen molar-refractivity contribution in [3.8, 4) is 0 Å². The number of hydrogen-bond donors (Lipinski definition) is 2. The van der Waals surface area contributed by atoms with Crippen molar-refractivity contribution >= 4 is 28.8 Å². The third kappa shape index (κ3) is 3.39. The molecule has 1 aromatic heterocycles. The topological polar surface area (TPSA) is 84.0 Å². The number of fused-ring (bicyclic) bond motifs is 1. The highest BCUT2D eigenvalue weighted by molar-refractivity contribution is 7.11. The van der Waals surface area contributed by atoms with Gasteiger partial charge in [0.05, 0.1) is 12.5 Å². The number of nitrogens with zero attached hydrogens (tertiary/aromatic N) is 2. The Labute approximate surface area is 138 Å². The molecule has 0 spiro atoms. The lowest BCUT2D eigenvalue weighted by Gasteiger charge is -2.09. The molecular formula is C16H18N4O2S. The van der Waals surface area contributed by atoms with Gasteiger partial charge >= 0.3 is 0 Å². The van der Waals surface area contributed by atoms with Crippen LogP contribution in [0.1, 0.15) is 40.4 Å². The summed E-state index contributed by atoms with van der Waals surface area (Å²) < 4.78 is 0. The molecule has 6 nitrogen and oxygen atoms in total. The van der Waals surface area contributed by atoms with Crippen LogP contribution >= 0.6 is 11.3 Å². The molecule has 1 aliphatic heterocycles. The van der Waals surface area contributed by atoms with E-state index >= 15 is 0 Å². The first-order valence-corrected chi connectivity index (χ1v) is 8.38. The Hall–Kier alpha value is -2.28. The van der Waals surface area contributed by atoms with Crippen molar-refractivity contribution in [2.45, 2.75) is 39.2 Å². The van der Waals surface area contributed by atoms with Gasteiger partial charge in [0.1, 0.15) is 10.0 Å². The molecule has 7 heteroatoms. The van der Waals surface area contributed by atoms with Crippen molar-refractivity contribution in [1.29, 1.82) is 0 Å². The van der Waals surface area contributed by atoms with Gasteiger partial charge in [0.15, 0.2) is 0 Å². The Morgan fingerprint density at radius 3 is 2.87 bits per heavy atom. The van der Waals surface area contributed by atoms with Crippen LogP contribution < -0.4 is 10.6 Å². The van der Waals surface area contributed by atoms with Gasteiger partial charge in [-0.25, -0.2) is 0 Å². The SMILES string of the molecule is CCc1nnc(CNC(=O)C[C@H]2C(=O)Nc3ccc(C)cc32)s1. The molecule has 0 unspecified atom stereocenters. The van der Waals surface area contributed by atoms with Gasteiger partial charge in [-0.05, 0) is 25.0 Å². The van der Waals surface area contributed by atoms with Crippen LogP contribution in [0.25, 0.3) is 0 Å². The molecule has 1 aromatic carbocycles. The number of nitrogens with one attached hydrogen (secondary N) is 2. The molecule has 0 saturated carbocycles. The number of amides is 2. The summed E-state index contributed by atoms with van der Waals surface area (Å²) in [6.45, 7) is 4.34. The number of hydrogen-bond acceptors (Lipinski definition) is 5. The number of benzene rings is 1. The summed E-state index contributed by atoms with van der Waals surface area (Å²) in [6.07, 6.45) is 0.978. The van der Waals surface area contributed by atoms with Crippen molar-refractivity contribution < 1.29 is 9.59 Å². The van der Waals surface area contributed by atoms with Gasteiger partial charge in [0, 0.05) is 12.1 Å². The molecule has 1 aliphatic rings. The Morgan fingerprint density at radius 1 is 1.35 bits per heavy atom. The summed E-state index contributed by atoms with van der Waals surface area (Å²) in [6, 6.07) is 5.79. The van der Waals surface area contributed by atoms with Crippen LogP contribution in [0.4, 0.5) is 5.69 Å². The van der Waals surface area contributed by atoms with E-state index < -0.39 is 5.92 Å². The molecule has 0 fully saturated rings. The first kappa shape index (κ1) is 15.6. The van der Waals surface area contributed by atoms with E-state index in [9.17, 15) is 9.59 Å². The van der Waals surface area contributed by atoms with Crippen LogP contribution in [-0.2, 0) is 22.6 Å². The molecule has 2 aromatic rings. The number of anilines is 1. The highest BCUT2D eigenvalue weighted by Gasteiger charge is 2.32. The number of carbonyl (C=O) groups is 2. The van der Waals surface area contributed by atoms with Crippen molar-refractivity contribution in [1.82, 2.24) is 15.5 Å². The van der Waals surface area contributed by atoms with Gasteiger partial charge in [-0.15, -0.1) is 10.2 Å². The zero-order valence-electron chi connectivity index (χ0n) is 13.0. The van der Waals surface area contributed by atoms with E-state index in [1.54, 1.807) is 0 Å². The average molecular weight is 330 g/mol. The monoisotopic (exact) mass is 330 g/mol. The van der Waals surface area contributed by atoms with Crippen LogP contribution in [0.15, 0.2) is 18.2 Å². The molecule has 0 radical (unpaired) electrons. The van der Waals surface area contributed by atoms with Crippen LogP contribution in [-0.4, -0.2) is 22.0 Å². The van der Waals surface area contributed by atoms with Crippen LogP contribution in [0.2, 0.25) is 0 Å². The normalized spacial score (nSPS) is 16.1. The maximum atomic E-state index is 12.2. The van der Waals surface area contributed by atoms with Crippen molar-refractivity contribution in [3.05, 3.63) is 39.3 Å². The molecule has 1 atom stereocenters. The van der Waals surface area contributed by atoms with Crippen molar-refractivity contribution in [3.63, 3.8) is 0 Å². The largest absolute Gasteiger partial charge is 0.349 e. The predicted molar refractivity (Wildman–Crippen MR) is 88.3 cm³/mol.